The maximum atomic E-state index is 6.07. The molecule has 1 aromatic heterocycles. The van der Waals surface area contributed by atoms with Gasteiger partial charge in [-0.05, 0) is 46.6 Å². The van der Waals surface area contributed by atoms with Crippen molar-refractivity contribution in [3.05, 3.63) is 51.2 Å². The van der Waals surface area contributed by atoms with Crippen LogP contribution >= 0.6 is 27.5 Å². The van der Waals surface area contributed by atoms with E-state index in [2.05, 4.69) is 58.5 Å². The van der Waals surface area contributed by atoms with Gasteiger partial charge in [0.2, 0.25) is 0 Å². The summed E-state index contributed by atoms with van der Waals surface area (Å²) >= 11 is 9.56. The van der Waals surface area contributed by atoms with Crippen LogP contribution in [0.5, 0.6) is 0 Å². The molecule has 20 heavy (non-hydrogen) atoms. The Kier molecular flexibility index (Phi) is 5.64. The van der Waals surface area contributed by atoms with Crippen molar-refractivity contribution >= 4 is 27.5 Å². The third kappa shape index (κ3) is 3.62. The summed E-state index contributed by atoms with van der Waals surface area (Å²) in [5.41, 5.74) is 2.36. The topological polar surface area (TPSA) is 29.9 Å². The van der Waals surface area contributed by atoms with Crippen LogP contribution in [0.15, 0.2) is 35.1 Å². The first-order valence-electron chi connectivity index (χ1n) is 6.86. The number of aromatic nitrogens is 2. The van der Waals surface area contributed by atoms with E-state index in [1.165, 1.54) is 11.1 Å². The van der Waals surface area contributed by atoms with Crippen LogP contribution in [0.25, 0.3) is 0 Å². The molecule has 1 aromatic carbocycles. The number of hydrogen-bond acceptors (Lipinski definition) is 2. The minimum absolute atomic E-state index is 0.138. The van der Waals surface area contributed by atoms with Gasteiger partial charge in [-0.25, -0.2) is 0 Å². The van der Waals surface area contributed by atoms with Crippen LogP contribution < -0.4 is 5.32 Å². The molecule has 0 aliphatic carbocycles. The normalized spacial score (nSPS) is 12.6. The van der Waals surface area contributed by atoms with E-state index < -0.39 is 0 Å². The zero-order valence-corrected chi connectivity index (χ0v) is 14.1. The van der Waals surface area contributed by atoms with Crippen LogP contribution in [0.3, 0.4) is 0 Å². The van der Waals surface area contributed by atoms with Crippen molar-refractivity contribution in [1.29, 1.82) is 0 Å². The minimum atomic E-state index is 0.138. The molecule has 0 aliphatic heterocycles. The van der Waals surface area contributed by atoms with Crippen LogP contribution in [-0.4, -0.2) is 16.3 Å². The maximum absolute atomic E-state index is 6.07. The first kappa shape index (κ1) is 15.5. The molecule has 0 aliphatic rings. The Morgan fingerprint density at radius 3 is 2.80 bits per heavy atom. The molecule has 1 heterocycles. The fourth-order valence-corrected chi connectivity index (χ4v) is 2.72. The molecule has 1 atom stereocenters. The van der Waals surface area contributed by atoms with E-state index in [1.807, 2.05) is 16.9 Å². The van der Waals surface area contributed by atoms with Gasteiger partial charge < -0.3 is 5.32 Å². The van der Waals surface area contributed by atoms with E-state index in [-0.39, 0.29) is 6.04 Å². The molecular weight excluding hydrogens is 338 g/mol. The van der Waals surface area contributed by atoms with Crippen molar-refractivity contribution in [3.63, 3.8) is 0 Å². The fourth-order valence-electron chi connectivity index (χ4n) is 2.20. The van der Waals surface area contributed by atoms with E-state index in [0.717, 1.165) is 29.0 Å². The third-order valence-electron chi connectivity index (χ3n) is 3.12. The second-order valence-corrected chi connectivity index (χ2v) is 5.96. The van der Waals surface area contributed by atoms with Gasteiger partial charge in [0.15, 0.2) is 0 Å². The Morgan fingerprint density at radius 2 is 2.15 bits per heavy atom. The lowest BCUT2D eigenvalue weighted by Crippen LogP contribution is -2.21. The quantitative estimate of drug-likeness (QED) is 0.831. The first-order chi connectivity index (χ1) is 9.65. The summed E-state index contributed by atoms with van der Waals surface area (Å²) in [6.07, 6.45) is 5.13. The molecule has 0 radical (unpaired) electrons. The molecule has 0 amide bonds. The van der Waals surface area contributed by atoms with Gasteiger partial charge in [0, 0.05) is 22.8 Å². The van der Waals surface area contributed by atoms with E-state index in [9.17, 15) is 0 Å². The van der Waals surface area contributed by atoms with Crippen molar-refractivity contribution < 1.29 is 0 Å². The second kappa shape index (κ2) is 7.25. The summed E-state index contributed by atoms with van der Waals surface area (Å²) in [7, 11) is 0. The van der Waals surface area contributed by atoms with Gasteiger partial charge in [-0.1, -0.05) is 31.5 Å². The van der Waals surface area contributed by atoms with Gasteiger partial charge in [0.1, 0.15) is 0 Å². The maximum Gasteiger partial charge on any atom is 0.0608 e. The number of benzene rings is 1. The Balaban J connectivity index is 2.31. The van der Waals surface area contributed by atoms with Crippen LogP contribution in [-0.2, 0) is 6.54 Å². The summed E-state index contributed by atoms with van der Waals surface area (Å²) in [6.45, 7) is 6.10. The zero-order chi connectivity index (χ0) is 14.5. The largest absolute Gasteiger partial charge is 0.306 e. The zero-order valence-electron chi connectivity index (χ0n) is 11.7. The molecule has 2 aromatic rings. The first-order valence-corrected chi connectivity index (χ1v) is 8.03. The van der Waals surface area contributed by atoms with Gasteiger partial charge in [0.05, 0.1) is 17.3 Å². The Labute approximate surface area is 133 Å². The highest BCUT2D eigenvalue weighted by Crippen LogP contribution is 2.29. The molecule has 1 unspecified atom stereocenters. The molecule has 5 heteroatoms. The molecule has 2 rings (SSSR count). The average molecular weight is 357 g/mol. The van der Waals surface area contributed by atoms with Crippen molar-refractivity contribution in [1.82, 2.24) is 15.1 Å². The molecular formula is C15H19BrClN3. The molecule has 108 valence electrons. The Morgan fingerprint density at radius 1 is 1.35 bits per heavy atom. The second-order valence-electron chi connectivity index (χ2n) is 4.70. The number of hydrogen-bond donors (Lipinski definition) is 1. The molecule has 0 fully saturated rings. The molecule has 0 spiro atoms. The summed E-state index contributed by atoms with van der Waals surface area (Å²) in [4.78, 5) is 0. The predicted octanol–water partition coefficient (Wildman–Crippen LogP) is 4.41. The van der Waals surface area contributed by atoms with Gasteiger partial charge in [0.25, 0.3) is 0 Å². The van der Waals surface area contributed by atoms with Gasteiger partial charge in [-0.2, -0.15) is 5.10 Å². The minimum Gasteiger partial charge on any atom is -0.306 e. The lowest BCUT2D eigenvalue weighted by molar-refractivity contribution is 0.597. The van der Waals surface area contributed by atoms with Crippen molar-refractivity contribution in [2.45, 2.75) is 32.9 Å². The summed E-state index contributed by atoms with van der Waals surface area (Å²) in [6, 6.07) is 6.17. The van der Waals surface area contributed by atoms with E-state index in [1.54, 1.807) is 0 Å². The number of nitrogens with one attached hydrogen (secondary N) is 1. The third-order valence-corrected chi connectivity index (χ3v) is 4.34. The molecule has 0 saturated carbocycles. The summed E-state index contributed by atoms with van der Waals surface area (Å²) in [5.74, 6) is 0. The average Bonchev–Trinajstić information content (AvgIpc) is 2.88. The summed E-state index contributed by atoms with van der Waals surface area (Å²) in [5, 5.41) is 8.64. The SMILES string of the molecule is CCCn1cc(C(NCC)c2ccc(Cl)c(Br)c2)cn1. The lowest BCUT2D eigenvalue weighted by atomic mass is 10.0. The highest BCUT2D eigenvalue weighted by atomic mass is 79.9. The smallest absolute Gasteiger partial charge is 0.0608 e. The Hall–Kier alpha value is -0.840. The van der Waals surface area contributed by atoms with Crippen LogP contribution in [0.2, 0.25) is 5.02 Å². The van der Waals surface area contributed by atoms with Crippen molar-refractivity contribution in [3.8, 4) is 0 Å². The van der Waals surface area contributed by atoms with Crippen LogP contribution in [0, 0.1) is 0 Å². The van der Waals surface area contributed by atoms with Crippen LogP contribution in [0.1, 0.15) is 37.4 Å². The molecule has 0 bridgehead atoms. The molecule has 0 saturated heterocycles. The highest BCUT2D eigenvalue weighted by Gasteiger charge is 2.16. The number of rotatable bonds is 6. The number of nitrogens with zero attached hydrogens (tertiary/aromatic N) is 2. The van der Waals surface area contributed by atoms with E-state index >= 15 is 0 Å². The van der Waals surface area contributed by atoms with Crippen molar-refractivity contribution in [2.24, 2.45) is 0 Å². The van der Waals surface area contributed by atoms with Gasteiger partial charge >= 0.3 is 0 Å². The number of halogens is 2. The number of aryl methyl sites for hydroxylation is 1. The Bertz CT molecular complexity index is 568. The van der Waals surface area contributed by atoms with E-state index in [0.29, 0.717) is 0 Å². The van der Waals surface area contributed by atoms with Crippen molar-refractivity contribution in [2.75, 3.05) is 6.54 Å². The predicted molar refractivity (Wildman–Crippen MR) is 87.2 cm³/mol. The van der Waals surface area contributed by atoms with Gasteiger partial charge in [-0.3, -0.25) is 4.68 Å². The van der Waals surface area contributed by atoms with E-state index in [4.69, 9.17) is 11.6 Å². The summed E-state index contributed by atoms with van der Waals surface area (Å²) < 4.78 is 2.91. The fraction of sp³-hybridized carbons (Fsp3) is 0.400. The van der Waals surface area contributed by atoms with Crippen LogP contribution in [0.4, 0.5) is 0 Å². The van der Waals surface area contributed by atoms with Gasteiger partial charge in [-0.15, -0.1) is 0 Å². The lowest BCUT2D eigenvalue weighted by Gasteiger charge is -2.17. The molecule has 1 N–H and O–H groups in total. The monoisotopic (exact) mass is 355 g/mol. The highest BCUT2D eigenvalue weighted by molar-refractivity contribution is 9.10. The standard InChI is InChI=1S/C15H19BrClN3/c1-3-7-20-10-12(9-19-20)15(18-4-2)11-5-6-14(17)13(16)8-11/h5-6,8-10,15,18H,3-4,7H2,1-2H3. The molecule has 3 nitrogen and oxygen atoms in total.